The van der Waals surface area contributed by atoms with Gasteiger partial charge in [-0.15, -0.1) is 0 Å². The van der Waals surface area contributed by atoms with E-state index in [9.17, 15) is 27.5 Å². The highest BCUT2D eigenvalue weighted by Gasteiger charge is 2.53. The van der Waals surface area contributed by atoms with Crippen LogP contribution in [0.4, 0.5) is 17.6 Å². The van der Waals surface area contributed by atoms with E-state index >= 15 is 0 Å². The van der Waals surface area contributed by atoms with Crippen LogP contribution < -0.4 is 4.74 Å². The SMILES string of the molecule is O=C(c1ccc(COc2ccc3ccccc3c2)cc1)N1N=C(C(F)F)C[C@@]1(O)C(F)F. The summed E-state index contributed by atoms with van der Waals surface area (Å²) in [6.07, 6.45) is -7.75. The topological polar surface area (TPSA) is 62.1 Å². The van der Waals surface area contributed by atoms with Crippen LogP contribution in [0.5, 0.6) is 5.75 Å². The van der Waals surface area contributed by atoms with Gasteiger partial charge in [0.15, 0.2) is 0 Å². The first-order chi connectivity index (χ1) is 15.3. The van der Waals surface area contributed by atoms with E-state index in [1.807, 2.05) is 42.5 Å². The number of benzene rings is 3. The largest absolute Gasteiger partial charge is 0.489 e. The van der Waals surface area contributed by atoms with Crippen LogP contribution in [0.1, 0.15) is 22.3 Å². The lowest BCUT2D eigenvalue weighted by Gasteiger charge is -2.30. The third kappa shape index (κ3) is 4.16. The van der Waals surface area contributed by atoms with E-state index in [1.165, 1.54) is 12.1 Å². The number of halogens is 4. The van der Waals surface area contributed by atoms with Crippen LogP contribution in [-0.4, -0.2) is 40.3 Å². The molecule has 1 amide bonds. The molecule has 4 rings (SSSR count). The van der Waals surface area contributed by atoms with Gasteiger partial charge in [0, 0.05) is 12.0 Å². The fraction of sp³-hybridized carbons (Fsp3) is 0.217. The highest BCUT2D eigenvalue weighted by Crippen LogP contribution is 2.34. The summed E-state index contributed by atoms with van der Waals surface area (Å²) >= 11 is 0. The van der Waals surface area contributed by atoms with Gasteiger partial charge in [0.2, 0.25) is 5.72 Å². The molecule has 1 heterocycles. The summed E-state index contributed by atoms with van der Waals surface area (Å²) in [7, 11) is 0. The molecule has 32 heavy (non-hydrogen) atoms. The molecule has 0 aromatic heterocycles. The van der Waals surface area contributed by atoms with Crippen LogP contribution in [0.15, 0.2) is 71.8 Å². The summed E-state index contributed by atoms with van der Waals surface area (Å²) in [5.74, 6) is -0.456. The van der Waals surface area contributed by atoms with Crippen LogP contribution in [-0.2, 0) is 6.61 Å². The molecule has 1 N–H and O–H groups in total. The third-order valence-corrected chi connectivity index (χ3v) is 5.16. The zero-order chi connectivity index (χ0) is 22.9. The van der Waals surface area contributed by atoms with Gasteiger partial charge in [-0.05, 0) is 40.6 Å². The Morgan fingerprint density at radius 1 is 1.03 bits per heavy atom. The Kier molecular flexibility index (Phi) is 5.84. The first kappa shape index (κ1) is 21.8. The monoisotopic (exact) mass is 446 g/mol. The van der Waals surface area contributed by atoms with Crippen LogP contribution in [0.25, 0.3) is 10.8 Å². The van der Waals surface area contributed by atoms with Crippen molar-refractivity contribution in [3.8, 4) is 5.75 Å². The van der Waals surface area contributed by atoms with Crippen molar-refractivity contribution >= 4 is 22.4 Å². The fourth-order valence-corrected chi connectivity index (χ4v) is 3.39. The van der Waals surface area contributed by atoms with E-state index in [0.29, 0.717) is 11.3 Å². The predicted octanol–water partition coefficient (Wildman–Crippen LogP) is 4.84. The van der Waals surface area contributed by atoms with Gasteiger partial charge in [-0.2, -0.15) is 10.1 Å². The number of hydrogen-bond acceptors (Lipinski definition) is 4. The van der Waals surface area contributed by atoms with Crippen molar-refractivity contribution in [2.24, 2.45) is 5.10 Å². The Balaban J connectivity index is 1.47. The number of carbonyl (C=O) groups is 1. The fourth-order valence-electron chi connectivity index (χ4n) is 3.39. The van der Waals surface area contributed by atoms with Gasteiger partial charge in [0.25, 0.3) is 18.8 Å². The summed E-state index contributed by atoms with van der Waals surface area (Å²) in [4.78, 5) is 12.6. The maximum atomic E-state index is 13.3. The van der Waals surface area contributed by atoms with Gasteiger partial charge in [-0.25, -0.2) is 17.6 Å². The average Bonchev–Trinajstić information content (AvgIpc) is 3.17. The quantitative estimate of drug-likeness (QED) is 0.552. The number of aliphatic hydroxyl groups is 1. The van der Waals surface area contributed by atoms with Crippen molar-refractivity contribution in [2.45, 2.75) is 31.6 Å². The van der Waals surface area contributed by atoms with Gasteiger partial charge in [0.1, 0.15) is 18.1 Å². The minimum atomic E-state index is -3.47. The number of hydrogen-bond donors (Lipinski definition) is 1. The number of nitrogens with zero attached hydrogens (tertiary/aromatic N) is 2. The maximum absolute atomic E-state index is 13.3. The zero-order valence-electron chi connectivity index (χ0n) is 16.6. The Morgan fingerprint density at radius 2 is 1.72 bits per heavy atom. The standard InChI is InChI=1S/C23H18F4N2O3/c24-20(25)19-12-23(31,22(26)27)29(28-19)21(30)16-7-5-14(6-8-16)13-32-18-10-9-15-3-1-2-4-17(15)11-18/h1-11,20,22,31H,12-13H2/t23-/m1/s1. The number of fused-ring (bicyclic) bond motifs is 1. The van der Waals surface area contributed by atoms with Crippen molar-refractivity contribution in [1.29, 1.82) is 0 Å². The summed E-state index contributed by atoms with van der Waals surface area (Å²) in [5, 5.41) is 15.5. The zero-order valence-corrected chi connectivity index (χ0v) is 16.6. The lowest BCUT2D eigenvalue weighted by molar-refractivity contribution is -0.164. The molecule has 0 spiro atoms. The number of ether oxygens (including phenoxy) is 1. The minimum Gasteiger partial charge on any atom is -0.489 e. The number of amides is 1. The first-order valence-corrected chi connectivity index (χ1v) is 9.69. The average molecular weight is 446 g/mol. The van der Waals surface area contributed by atoms with Gasteiger partial charge in [0.05, 0.1) is 0 Å². The molecule has 5 nitrogen and oxygen atoms in total. The Hall–Kier alpha value is -3.46. The molecule has 0 fully saturated rings. The second kappa shape index (κ2) is 8.58. The molecule has 0 bridgehead atoms. The number of alkyl halides is 4. The molecule has 3 aromatic carbocycles. The molecule has 0 saturated heterocycles. The van der Waals surface area contributed by atoms with Crippen molar-refractivity contribution in [2.75, 3.05) is 0 Å². The Labute approximate surface area is 180 Å². The normalized spacial score (nSPS) is 18.5. The molecule has 1 aliphatic heterocycles. The minimum absolute atomic E-state index is 0.0414. The summed E-state index contributed by atoms with van der Waals surface area (Å²) in [5.41, 5.74) is -3.47. The van der Waals surface area contributed by atoms with Crippen molar-refractivity contribution in [1.82, 2.24) is 5.01 Å². The van der Waals surface area contributed by atoms with Gasteiger partial charge in [-0.3, -0.25) is 4.79 Å². The lowest BCUT2D eigenvalue weighted by Crippen LogP contribution is -2.51. The summed E-state index contributed by atoms with van der Waals surface area (Å²) in [6, 6.07) is 19.2. The van der Waals surface area contributed by atoms with E-state index in [0.717, 1.165) is 10.8 Å². The smallest absolute Gasteiger partial charge is 0.287 e. The van der Waals surface area contributed by atoms with E-state index in [4.69, 9.17) is 4.74 Å². The van der Waals surface area contributed by atoms with Crippen LogP contribution in [0, 0.1) is 0 Å². The highest BCUT2D eigenvalue weighted by atomic mass is 19.3. The van der Waals surface area contributed by atoms with Crippen LogP contribution in [0.2, 0.25) is 0 Å². The lowest BCUT2D eigenvalue weighted by atomic mass is 10.1. The molecule has 9 heteroatoms. The summed E-state index contributed by atoms with van der Waals surface area (Å²) in [6.45, 7) is 0.186. The van der Waals surface area contributed by atoms with Gasteiger partial charge in [-0.1, -0.05) is 42.5 Å². The Morgan fingerprint density at radius 3 is 2.38 bits per heavy atom. The molecule has 1 atom stereocenters. The molecular formula is C23H18F4N2O3. The van der Waals surface area contributed by atoms with Crippen molar-refractivity contribution in [3.63, 3.8) is 0 Å². The van der Waals surface area contributed by atoms with E-state index < -0.39 is 36.6 Å². The second-order valence-electron chi connectivity index (χ2n) is 7.36. The predicted molar refractivity (Wildman–Crippen MR) is 110 cm³/mol. The van der Waals surface area contributed by atoms with E-state index in [1.54, 1.807) is 12.1 Å². The number of rotatable bonds is 6. The molecule has 166 valence electrons. The maximum Gasteiger partial charge on any atom is 0.287 e. The second-order valence-corrected chi connectivity index (χ2v) is 7.36. The highest BCUT2D eigenvalue weighted by molar-refractivity contribution is 5.99. The van der Waals surface area contributed by atoms with E-state index in [-0.39, 0.29) is 17.2 Å². The van der Waals surface area contributed by atoms with Gasteiger partial charge < -0.3 is 9.84 Å². The molecule has 3 aromatic rings. The number of carbonyl (C=O) groups excluding carboxylic acids is 1. The molecule has 1 aliphatic rings. The Bertz CT molecular complexity index is 1170. The third-order valence-electron chi connectivity index (χ3n) is 5.16. The first-order valence-electron chi connectivity index (χ1n) is 9.69. The van der Waals surface area contributed by atoms with Crippen LogP contribution in [0.3, 0.4) is 0 Å². The van der Waals surface area contributed by atoms with Crippen molar-refractivity contribution in [3.05, 3.63) is 77.9 Å². The molecule has 0 radical (unpaired) electrons. The molecule has 0 unspecified atom stereocenters. The number of hydrazone groups is 1. The molecular weight excluding hydrogens is 428 g/mol. The van der Waals surface area contributed by atoms with Gasteiger partial charge >= 0.3 is 0 Å². The van der Waals surface area contributed by atoms with Crippen LogP contribution >= 0.6 is 0 Å². The van der Waals surface area contributed by atoms with E-state index in [2.05, 4.69) is 5.10 Å². The summed E-state index contributed by atoms with van der Waals surface area (Å²) < 4.78 is 58.3. The van der Waals surface area contributed by atoms with Crippen molar-refractivity contribution < 1.29 is 32.2 Å². The molecule has 0 saturated carbocycles. The molecule has 0 aliphatic carbocycles.